The molecule has 0 fully saturated rings. The maximum atomic E-state index is 14.4. The minimum absolute atomic E-state index is 0.179. The molecule has 2 aromatic rings. The molecule has 0 aliphatic rings. The molecule has 33 heavy (non-hydrogen) atoms. The average Bonchev–Trinajstić information content (AvgIpc) is 2.74. The number of alkyl halides is 2. The highest BCUT2D eigenvalue weighted by atomic mass is 35.5. The minimum Gasteiger partial charge on any atom is -0.480 e. The molecule has 0 aliphatic heterocycles. The Morgan fingerprint density at radius 1 is 1.00 bits per heavy atom. The number of unbranched alkanes of at least 4 members (excludes halogenated alkanes) is 1. The van der Waals surface area contributed by atoms with Crippen LogP contribution in [0.2, 0.25) is 5.02 Å². The Balaban J connectivity index is 0.000000461. The van der Waals surface area contributed by atoms with Crippen molar-refractivity contribution in [2.45, 2.75) is 50.7 Å². The fourth-order valence-electron chi connectivity index (χ4n) is 2.53. The standard InChI is InChI=1S/C17H15ClF2O3.C6H14N2O2/c1-16(2,15(21)22)23-14-9-5-12(6-10-14)17(19,20)11-3-7-13(18)8-4-11;7-4-2-1-3-5(8)6(9)10/h3-10H,1-2H3,(H,21,22);5H,1-4,7-8H2,(H,9,10)/t;5-/m.0/s1. The number of carboxylic acid groups (broad SMARTS) is 2. The molecule has 6 N–H and O–H groups in total. The van der Waals surface area contributed by atoms with Gasteiger partial charge in [-0.1, -0.05) is 30.2 Å². The summed E-state index contributed by atoms with van der Waals surface area (Å²) in [4.78, 5) is 21.1. The van der Waals surface area contributed by atoms with Gasteiger partial charge in [0.25, 0.3) is 5.92 Å². The van der Waals surface area contributed by atoms with Gasteiger partial charge in [-0.3, -0.25) is 4.79 Å². The lowest BCUT2D eigenvalue weighted by Gasteiger charge is -2.22. The number of carboxylic acids is 2. The van der Waals surface area contributed by atoms with Crippen LogP contribution < -0.4 is 16.2 Å². The Morgan fingerprint density at radius 2 is 1.48 bits per heavy atom. The number of rotatable bonds is 10. The molecule has 0 saturated carbocycles. The quantitative estimate of drug-likeness (QED) is 0.368. The normalized spacial score (nSPS) is 12.3. The van der Waals surface area contributed by atoms with Gasteiger partial charge >= 0.3 is 11.9 Å². The lowest BCUT2D eigenvalue weighted by molar-refractivity contribution is -0.152. The summed E-state index contributed by atoms with van der Waals surface area (Å²) in [6.45, 7) is 3.36. The van der Waals surface area contributed by atoms with E-state index in [2.05, 4.69) is 0 Å². The summed E-state index contributed by atoms with van der Waals surface area (Å²) in [6.07, 6.45) is 2.16. The molecule has 0 unspecified atom stereocenters. The number of hydrogen-bond donors (Lipinski definition) is 4. The van der Waals surface area contributed by atoms with E-state index in [1.807, 2.05) is 0 Å². The molecule has 0 heterocycles. The van der Waals surface area contributed by atoms with Gasteiger partial charge in [-0.05, 0) is 69.6 Å². The molecule has 0 spiro atoms. The van der Waals surface area contributed by atoms with E-state index < -0.39 is 29.5 Å². The Labute approximate surface area is 196 Å². The minimum atomic E-state index is -3.19. The number of halogens is 3. The van der Waals surface area contributed by atoms with Crippen LogP contribution >= 0.6 is 11.6 Å². The first kappa shape index (κ1) is 28.3. The first-order chi connectivity index (χ1) is 15.3. The molecule has 0 saturated heterocycles. The number of benzene rings is 2. The Morgan fingerprint density at radius 3 is 1.91 bits per heavy atom. The van der Waals surface area contributed by atoms with E-state index in [0.717, 1.165) is 12.8 Å². The van der Waals surface area contributed by atoms with Crippen molar-refractivity contribution in [1.82, 2.24) is 0 Å². The van der Waals surface area contributed by atoms with Gasteiger partial charge in [-0.25, -0.2) is 4.79 Å². The molecule has 1 atom stereocenters. The molecule has 0 amide bonds. The lowest BCUT2D eigenvalue weighted by atomic mass is 10.0. The van der Waals surface area contributed by atoms with Gasteiger partial charge in [0.2, 0.25) is 0 Å². The Bertz CT molecular complexity index is 906. The Kier molecular flexibility index (Phi) is 10.7. The molecule has 0 radical (unpaired) electrons. The van der Waals surface area contributed by atoms with Crippen LogP contribution in [-0.2, 0) is 15.5 Å². The van der Waals surface area contributed by atoms with E-state index in [4.69, 9.17) is 38.0 Å². The topological polar surface area (TPSA) is 136 Å². The van der Waals surface area contributed by atoms with E-state index >= 15 is 0 Å². The highest BCUT2D eigenvalue weighted by Crippen LogP contribution is 2.37. The maximum Gasteiger partial charge on any atom is 0.347 e. The summed E-state index contributed by atoms with van der Waals surface area (Å²) in [5.41, 5.74) is 8.57. The van der Waals surface area contributed by atoms with Crippen molar-refractivity contribution in [3.05, 3.63) is 64.7 Å². The molecule has 2 aromatic carbocycles. The van der Waals surface area contributed by atoms with Gasteiger partial charge in [0.1, 0.15) is 11.8 Å². The van der Waals surface area contributed by atoms with E-state index in [0.29, 0.717) is 18.0 Å². The van der Waals surface area contributed by atoms with Crippen molar-refractivity contribution in [3.8, 4) is 5.75 Å². The van der Waals surface area contributed by atoms with Crippen LogP contribution in [0, 0.1) is 0 Å². The fraction of sp³-hybridized carbons (Fsp3) is 0.391. The third kappa shape index (κ3) is 8.95. The number of nitrogens with two attached hydrogens (primary N) is 2. The van der Waals surface area contributed by atoms with Crippen molar-refractivity contribution in [3.63, 3.8) is 0 Å². The van der Waals surface area contributed by atoms with Gasteiger partial charge < -0.3 is 26.4 Å². The van der Waals surface area contributed by atoms with Gasteiger partial charge in [-0.15, -0.1) is 0 Å². The summed E-state index contributed by atoms with van der Waals surface area (Å²) >= 11 is 5.71. The monoisotopic (exact) mass is 486 g/mol. The zero-order valence-electron chi connectivity index (χ0n) is 18.4. The highest BCUT2D eigenvalue weighted by Gasteiger charge is 2.34. The zero-order valence-corrected chi connectivity index (χ0v) is 19.2. The van der Waals surface area contributed by atoms with Crippen molar-refractivity contribution in [2.75, 3.05) is 6.54 Å². The molecule has 2 rings (SSSR count). The van der Waals surface area contributed by atoms with Crippen LogP contribution in [0.15, 0.2) is 48.5 Å². The smallest absolute Gasteiger partial charge is 0.347 e. The third-order valence-electron chi connectivity index (χ3n) is 4.60. The average molecular weight is 487 g/mol. The number of hydrogen-bond acceptors (Lipinski definition) is 5. The van der Waals surface area contributed by atoms with Crippen LogP contribution in [-0.4, -0.2) is 40.3 Å². The second kappa shape index (κ2) is 12.5. The van der Waals surface area contributed by atoms with Crippen LogP contribution in [0.25, 0.3) is 0 Å². The summed E-state index contributed by atoms with van der Waals surface area (Å²) in [5, 5.41) is 17.7. The van der Waals surface area contributed by atoms with Crippen LogP contribution in [0.1, 0.15) is 44.2 Å². The zero-order chi connectivity index (χ0) is 25.2. The third-order valence-corrected chi connectivity index (χ3v) is 4.85. The van der Waals surface area contributed by atoms with E-state index in [1.165, 1.54) is 62.4 Å². The van der Waals surface area contributed by atoms with Gasteiger partial charge in [0, 0.05) is 16.1 Å². The SMILES string of the molecule is CC(C)(Oc1ccc(C(F)(F)c2ccc(Cl)cc2)cc1)C(=O)O.NCCCC[C@H](N)C(=O)O. The number of ether oxygens (including phenoxy) is 1. The highest BCUT2D eigenvalue weighted by molar-refractivity contribution is 6.30. The van der Waals surface area contributed by atoms with Crippen LogP contribution in [0.5, 0.6) is 5.75 Å². The molecule has 7 nitrogen and oxygen atoms in total. The van der Waals surface area contributed by atoms with Crippen LogP contribution in [0.3, 0.4) is 0 Å². The molecular formula is C23H29ClF2N2O5. The van der Waals surface area contributed by atoms with Gasteiger partial charge in [0.05, 0.1) is 0 Å². The molecule has 0 bridgehead atoms. The van der Waals surface area contributed by atoms with Gasteiger partial charge in [-0.2, -0.15) is 8.78 Å². The predicted molar refractivity (Wildman–Crippen MR) is 122 cm³/mol. The number of aliphatic carboxylic acids is 2. The van der Waals surface area contributed by atoms with Crippen molar-refractivity contribution >= 4 is 23.5 Å². The molecule has 0 aromatic heterocycles. The summed E-state index contributed by atoms with van der Waals surface area (Å²) in [5.74, 6) is -5.07. The van der Waals surface area contributed by atoms with Crippen LogP contribution in [0.4, 0.5) is 8.78 Å². The van der Waals surface area contributed by atoms with Crippen molar-refractivity contribution in [1.29, 1.82) is 0 Å². The lowest BCUT2D eigenvalue weighted by Crippen LogP contribution is -2.37. The first-order valence-electron chi connectivity index (χ1n) is 10.2. The number of carbonyl (C=O) groups is 2. The van der Waals surface area contributed by atoms with Crippen molar-refractivity contribution in [2.24, 2.45) is 11.5 Å². The van der Waals surface area contributed by atoms with E-state index in [9.17, 15) is 18.4 Å². The summed E-state index contributed by atoms with van der Waals surface area (Å²) < 4.78 is 34.2. The maximum absolute atomic E-state index is 14.4. The molecule has 0 aliphatic carbocycles. The molecule has 182 valence electrons. The largest absolute Gasteiger partial charge is 0.480 e. The second-order valence-electron chi connectivity index (χ2n) is 7.75. The molecular weight excluding hydrogens is 458 g/mol. The van der Waals surface area contributed by atoms with Gasteiger partial charge in [0.15, 0.2) is 5.60 Å². The predicted octanol–water partition coefficient (Wildman–Crippen LogP) is 4.25. The second-order valence-corrected chi connectivity index (χ2v) is 8.19. The van der Waals surface area contributed by atoms with Crippen molar-refractivity contribution < 1.29 is 33.3 Å². The summed E-state index contributed by atoms with van der Waals surface area (Å²) in [6, 6.07) is 9.68. The van der Waals surface area contributed by atoms with E-state index in [1.54, 1.807) is 0 Å². The van der Waals surface area contributed by atoms with E-state index in [-0.39, 0.29) is 16.9 Å². The molecule has 10 heteroatoms. The first-order valence-corrected chi connectivity index (χ1v) is 10.5. The summed E-state index contributed by atoms with van der Waals surface area (Å²) in [7, 11) is 0. The fourth-order valence-corrected chi connectivity index (χ4v) is 2.65. The Hall–Kier alpha value is -2.75.